The van der Waals surface area contributed by atoms with Crippen LogP contribution in [-0.2, 0) is 20.4 Å². The van der Waals surface area contributed by atoms with Gasteiger partial charge in [0.15, 0.2) is 0 Å². The first-order valence-electron chi connectivity index (χ1n) is 22.7. The van der Waals surface area contributed by atoms with E-state index in [0.29, 0.717) is 0 Å². The molecule has 0 bridgehead atoms. The quantitative estimate of drug-likeness (QED) is 0.115. The molecule has 1 aliphatic rings. The maximum atomic E-state index is 2.63. The van der Waals surface area contributed by atoms with Crippen LogP contribution in [0.15, 0.2) is 257 Å². The van der Waals surface area contributed by atoms with Gasteiger partial charge in [-0.25, -0.2) is 0 Å². The Morgan fingerprint density at radius 2 is 0.559 bits per heavy atom. The van der Waals surface area contributed by atoms with Gasteiger partial charge in [-0.2, -0.15) is 0 Å². The molecule has 9 aromatic rings. The molecule has 0 fully saturated rings. The second-order valence-electron chi connectivity index (χ2n) is 17.5. The van der Waals surface area contributed by atoms with Crippen LogP contribution in [0.1, 0.15) is 27.7 Å². The summed E-state index contributed by atoms with van der Waals surface area (Å²) in [6.07, 6.45) is 0. The van der Waals surface area contributed by atoms with Crippen LogP contribution in [0.25, 0.3) is 66.8 Å². The molecule has 1 unspecified atom stereocenters. The van der Waals surface area contributed by atoms with E-state index in [4.69, 9.17) is 0 Å². The number of allylic oxidation sites excluding steroid dienone is 4. The van der Waals surface area contributed by atoms with Crippen molar-refractivity contribution in [1.82, 2.24) is 0 Å². The molecule has 1 aliphatic carbocycles. The van der Waals surface area contributed by atoms with Crippen LogP contribution < -0.4 is 52.8 Å². The molecule has 0 amide bonds. The minimum Gasteiger partial charge on any atom is -1.00 e. The van der Waals surface area contributed by atoms with Crippen LogP contribution >= 0.6 is 0 Å². The van der Waals surface area contributed by atoms with Crippen molar-refractivity contribution in [3.8, 4) is 66.8 Å². The van der Waals surface area contributed by atoms with E-state index in [0.717, 1.165) is 0 Å². The van der Waals surface area contributed by atoms with E-state index in [1.54, 1.807) is 0 Å². The van der Waals surface area contributed by atoms with Crippen LogP contribution in [0.5, 0.6) is 0 Å². The molecule has 0 heterocycles. The van der Waals surface area contributed by atoms with Gasteiger partial charge in [-0.15, -0.1) is 0 Å². The number of rotatable bonds is 10. The average molecular weight is 990 g/mol. The maximum absolute atomic E-state index is 3.62. The minimum atomic E-state index is -3.62. The molecule has 0 aromatic heterocycles. The summed E-state index contributed by atoms with van der Waals surface area (Å²) in [6, 6.07) is 88.6. The number of hydrogen-bond acceptors (Lipinski definition) is 0. The van der Waals surface area contributed by atoms with Gasteiger partial charge in [0.25, 0.3) is 0 Å². The van der Waals surface area contributed by atoms with Crippen LogP contribution in [-0.4, -0.2) is 8.07 Å². The third-order valence-electron chi connectivity index (χ3n) is 14.3. The molecular formula is C63H51Cl3SiTi. The van der Waals surface area contributed by atoms with Gasteiger partial charge in [0.1, 0.15) is 0 Å². The molecule has 332 valence electrons. The van der Waals surface area contributed by atoms with E-state index in [1.165, 1.54) is 103 Å². The van der Waals surface area contributed by atoms with Crippen molar-refractivity contribution in [2.75, 3.05) is 0 Å². The van der Waals surface area contributed by atoms with Crippen molar-refractivity contribution >= 4 is 23.6 Å². The molecule has 9 aromatic carbocycles. The summed E-state index contributed by atoms with van der Waals surface area (Å²) < 4.78 is 1.44. The standard InChI is InChI=1S/C63H51Si.3ClH.Ti/c1-45-44-63(4,47(3)46(45)2)64(57-41-23-38-54(48-26-11-5-12-27-48)60(57)51-32-17-8-18-33-51,58-42-24-39-55(49-28-13-6-14-29-49)61(58)52-34-19-9-20-35-52)59-43-25-40-56(50-30-15-7-16-31-50)62(59)53-36-21-10-22-37-53;;;;/h5-43H,1-4H3;3*1H;/q;;;;+3/p-3. The van der Waals surface area contributed by atoms with E-state index in [2.05, 4.69) is 285 Å². The topological polar surface area (TPSA) is 0 Å². The molecule has 10 rings (SSSR count). The van der Waals surface area contributed by atoms with Crippen LogP contribution in [0, 0.1) is 0 Å². The predicted molar refractivity (Wildman–Crippen MR) is 276 cm³/mol. The molecule has 0 radical (unpaired) electrons. The molecule has 1 atom stereocenters. The minimum absolute atomic E-state index is 0. The van der Waals surface area contributed by atoms with Crippen molar-refractivity contribution in [3.05, 3.63) is 257 Å². The molecule has 68 heavy (non-hydrogen) atoms. The molecule has 5 heteroatoms. The van der Waals surface area contributed by atoms with Gasteiger partial charge >= 0.3 is 401 Å². The summed E-state index contributed by atoms with van der Waals surface area (Å²) in [4.78, 5) is 0. The first-order chi connectivity index (χ1) is 31.9. The Morgan fingerprint density at radius 1 is 0.309 bits per heavy atom. The Morgan fingerprint density at radius 3 is 0.794 bits per heavy atom. The summed E-state index contributed by atoms with van der Waals surface area (Å²) in [7, 11) is -3.62. The Balaban J connectivity index is 0.00000228. The molecule has 0 saturated carbocycles. The van der Waals surface area contributed by atoms with Gasteiger partial charge in [0.2, 0.25) is 0 Å². The van der Waals surface area contributed by atoms with Gasteiger partial charge < -0.3 is 37.2 Å². The van der Waals surface area contributed by atoms with E-state index < -0.39 is 13.1 Å². The van der Waals surface area contributed by atoms with E-state index in [9.17, 15) is 0 Å². The van der Waals surface area contributed by atoms with Crippen LogP contribution in [0.3, 0.4) is 0 Å². The first-order valence-corrected chi connectivity index (χ1v) is 25.5. The predicted octanol–water partition coefficient (Wildman–Crippen LogP) is 6.10. The second kappa shape index (κ2) is 21.3. The van der Waals surface area contributed by atoms with Crippen LogP contribution in [0.4, 0.5) is 0 Å². The second-order valence-corrected chi connectivity index (χ2v) is 22.4. The maximum Gasteiger partial charge on any atom is -1.00 e. The van der Waals surface area contributed by atoms with E-state index in [-0.39, 0.29) is 37.2 Å². The fourth-order valence-corrected chi connectivity index (χ4v) is 19.3. The fourth-order valence-electron chi connectivity index (χ4n) is 11.0. The molecule has 0 aliphatic heterocycles. The number of benzene rings is 9. The molecule has 0 N–H and O–H groups in total. The van der Waals surface area contributed by atoms with Crippen molar-refractivity contribution in [1.29, 1.82) is 0 Å². The van der Waals surface area contributed by atoms with Gasteiger partial charge in [-0.3, -0.25) is 0 Å². The normalized spacial score (nSPS) is 14.4. The third kappa shape index (κ3) is 8.34. The van der Waals surface area contributed by atoms with Crippen molar-refractivity contribution < 1.29 is 57.7 Å². The monoisotopic (exact) mass is 988 g/mol. The Labute approximate surface area is 434 Å². The van der Waals surface area contributed by atoms with E-state index in [1.807, 2.05) is 0 Å². The zero-order valence-electron chi connectivity index (χ0n) is 38.7. The third-order valence-corrected chi connectivity index (χ3v) is 21.9. The van der Waals surface area contributed by atoms with Gasteiger partial charge in [0.05, 0.1) is 0 Å². The summed E-state index contributed by atoms with van der Waals surface area (Å²) in [6.45, 7) is 9.82. The van der Waals surface area contributed by atoms with Gasteiger partial charge in [-0.1, -0.05) is 0 Å². The zero-order valence-corrected chi connectivity index (χ0v) is 43.5. The zero-order chi connectivity index (χ0) is 44.5. The van der Waals surface area contributed by atoms with Crippen molar-refractivity contribution in [2.24, 2.45) is 0 Å². The molecular weight excluding hydrogens is 939 g/mol. The summed E-state index contributed by atoms with van der Waals surface area (Å²) in [5.74, 6) is 0. The number of hydrogen-bond donors (Lipinski definition) is 0. The summed E-state index contributed by atoms with van der Waals surface area (Å²) in [5, 5.41) is 3.76. The van der Waals surface area contributed by atoms with Crippen LogP contribution in [0.2, 0.25) is 5.04 Å². The Hall–Kier alpha value is -5.74. The van der Waals surface area contributed by atoms with Gasteiger partial charge in [0, 0.05) is 0 Å². The summed E-state index contributed by atoms with van der Waals surface area (Å²) >= 11 is 2.45. The van der Waals surface area contributed by atoms with E-state index >= 15 is 0 Å². The van der Waals surface area contributed by atoms with Gasteiger partial charge in [-0.05, 0) is 0 Å². The summed E-state index contributed by atoms with van der Waals surface area (Å²) in [5.41, 5.74) is 19.1. The molecule has 0 saturated heterocycles. The van der Waals surface area contributed by atoms with Crippen molar-refractivity contribution in [3.63, 3.8) is 0 Å². The average Bonchev–Trinajstić information content (AvgIpc) is 3.53. The SMILES string of the molecule is CC1=C(C)C(C)([Si](c2cccc(-c3ccccc3)c2-c2ccccc2)(c2cccc(-c3ccccc3)c2-c2ccccc2)c2cccc(-c3ccccc3)c2-c2ccccc2)[C]([Ti+3])=C1C.[Cl-].[Cl-].[Cl-]. The Bertz CT molecular complexity index is 2900. The molecule has 0 spiro atoms. The van der Waals surface area contributed by atoms with Crippen molar-refractivity contribution in [2.45, 2.75) is 32.7 Å². The fraction of sp³-hybridized carbons (Fsp3) is 0.0794. The smallest absolute Gasteiger partial charge is 1.00 e. The first kappa shape index (κ1) is 50.1. The largest absolute Gasteiger partial charge is 1.00 e. The number of halogens is 3. The molecule has 0 nitrogen and oxygen atoms in total. The Kier molecular flexibility index (Phi) is 15.7.